The maximum atomic E-state index is 8.57. The molecule has 0 fully saturated rings. The predicted octanol–water partition coefficient (Wildman–Crippen LogP) is -0.105. The normalized spacial score (nSPS) is 23.2. The monoisotopic (exact) mass is 153 g/mol. The van der Waals surface area contributed by atoms with Gasteiger partial charge in [-0.1, -0.05) is 30.9 Å². The van der Waals surface area contributed by atoms with E-state index < -0.39 is 6.41 Å². The second-order valence-corrected chi connectivity index (χ2v) is 2.34. The van der Waals surface area contributed by atoms with Crippen molar-refractivity contribution in [3.63, 3.8) is 0 Å². The van der Waals surface area contributed by atoms with Crippen molar-refractivity contribution in [1.82, 2.24) is 5.32 Å². The highest BCUT2D eigenvalue weighted by molar-refractivity contribution is 5.33. The molecule has 1 atom stereocenters. The third kappa shape index (κ3) is 2.31. The Balaban J connectivity index is 2.52. The molecule has 11 heavy (non-hydrogen) atoms. The van der Waals surface area contributed by atoms with Crippen LogP contribution in [0.3, 0.4) is 0 Å². The largest absolute Gasteiger partial charge is 0.356 e. The van der Waals surface area contributed by atoms with Gasteiger partial charge in [-0.15, -0.1) is 0 Å². The SMILES string of the molecule is C=C1C=CC=CC1NC(O)O. The molecule has 0 heterocycles. The average Bonchev–Trinajstić information content (AvgIpc) is 1.93. The average molecular weight is 153 g/mol. The van der Waals surface area contributed by atoms with Gasteiger partial charge in [0.15, 0.2) is 0 Å². The lowest BCUT2D eigenvalue weighted by atomic mass is 10.0. The summed E-state index contributed by atoms with van der Waals surface area (Å²) in [5.41, 5.74) is 0.820. The number of aliphatic hydroxyl groups excluding tert-OH is 1. The van der Waals surface area contributed by atoms with Crippen molar-refractivity contribution < 1.29 is 10.2 Å². The van der Waals surface area contributed by atoms with Gasteiger partial charge in [0.2, 0.25) is 6.41 Å². The Hall–Kier alpha value is -0.900. The van der Waals surface area contributed by atoms with Gasteiger partial charge in [-0.05, 0) is 5.57 Å². The molecule has 1 rings (SSSR count). The van der Waals surface area contributed by atoms with E-state index in [-0.39, 0.29) is 6.04 Å². The highest BCUT2D eigenvalue weighted by atomic mass is 16.5. The molecule has 0 spiro atoms. The third-order valence-electron chi connectivity index (χ3n) is 1.45. The Labute approximate surface area is 65.4 Å². The smallest absolute Gasteiger partial charge is 0.211 e. The van der Waals surface area contributed by atoms with Gasteiger partial charge < -0.3 is 10.2 Å². The zero-order chi connectivity index (χ0) is 8.27. The van der Waals surface area contributed by atoms with Crippen molar-refractivity contribution in [3.8, 4) is 0 Å². The van der Waals surface area contributed by atoms with E-state index in [9.17, 15) is 0 Å². The molecule has 3 nitrogen and oxygen atoms in total. The van der Waals surface area contributed by atoms with Crippen LogP contribution in [0.15, 0.2) is 36.5 Å². The van der Waals surface area contributed by atoms with Crippen LogP contribution in [0.5, 0.6) is 0 Å². The van der Waals surface area contributed by atoms with Crippen LogP contribution in [-0.2, 0) is 0 Å². The molecule has 3 heteroatoms. The van der Waals surface area contributed by atoms with Crippen molar-refractivity contribution in [3.05, 3.63) is 36.5 Å². The molecule has 0 radical (unpaired) electrons. The lowest BCUT2D eigenvalue weighted by Gasteiger charge is -2.18. The molecule has 1 aliphatic carbocycles. The summed E-state index contributed by atoms with van der Waals surface area (Å²) in [5, 5.41) is 19.6. The number of allylic oxidation sites excluding steroid dienone is 2. The number of rotatable bonds is 2. The fraction of sp³-hybridized carbons (Fsp3) is 0.250. The van der Waals surface area contributed by atoms with E-state index in [1.807, 2.05) is 24.3 Å². The van der Waals surface area contributed by atoms with E-state index in [0.29, 0.717) is 0 Å². The summed E-state index contributed by atoms with van der Waals surface area (Å²) < 4.78 is 0. The van der Waals surface area contributed by atoms with Crippen LogP contribution in [-0.4, -0.2) is 22.7 Å². The fourth-order valence-corrected chi connectivity index (χ4v) is 0.905. The molecule has 0 aromatic heterocycles. The van der Waals surface area contributed by atoms with Crippen LogP contribution in [0, 0.1) is 0 Å². The number of hydrogen-bond acceptors (Lipinski definition) is 3. The Morgan fingerprint density at radius 3 is 2.73 bits per heavy atom. The second kappa shape index (κ2) is 3.48. The minimum Gasteiger partial charge on any atom is -0.356 e. The van der Waals surface area contributed by atoms with E-state index in [2.05, 4.69) is 11.9 Å². The van der Waals surface area contributed by atoms with Gasteiger partial charge in [0.05, 0.1) is 6.04 Å². The van der Waals surface area contributed by atoms with E-state index in [4.69, 9.17) is 10.2 Å². The summed E-state index contributed by atoms with van der Waals surface area (Å²) in [4.78, 5) is 0. The molecule has 0 aromatic rings. The first-order valence-corrected chi connectivity index (χ1v) is 3.36. The van der Waals surface area contributed by atoms with Gasteiger partial charge in [0, 0.05) is 0 Å². The lowest BCUT2D eigenvalue weighted by Crippen LogP contribution is -2.37. The summed E-state index contributed by atoms with van der Waals surface area (Å²) in [6.45, 7) is 3.73. The molecular weight excluding hydrogens is 142 g/mol. The van der Waals surface area contributed by atoms with E-state index in [0.717, 1.165) is 5.57 Å². The van der Waals surface area contributed by atoms with E-state index >= 15 is 0 Å². The van der Waals surface area contributed by atoms with Crippen LogP contribution >= 0.6 is 0 Å². The Kier molecular flexibility index (Phi) is 2.59. The maximum absolute atomic E-state index is 8.57. The van der Waals surface area contributed by atoms with Crippen LogP contribution in [0.2, 0.25) is 0 Å². The second-order valence-electron chi connectivity index (χ2n) is 2.34. The van der Waals surface area contributed by atoms with Gasteiger partial charge >= 0.3 is 0 Å². The zero-order valence-electron chi connectivity index (χ0n) is 6.07. The Morgan fingerprint density at radius 2 is 2.18 bits per heavy atom. The number of aliphatic hydroxyl groups is 2. The van der Waals surface area contributed by atoms with Gasteiger partial charge in [-0.25, -0.2) is 0 Å². The molecule has 0 bridgehead atoms. The molecule has 1 unspecified atom stereocenters. The molecule has 60 valence electrons. The van der Waals surface area contributed by atoms with E-state index in [1.165, 1.54) is 0 Å². The van der Waals surface area contributed by atoms with E-state index in [1.54, 1.807) is 0 Å². The summed E-state index contributed by atoms with van der Waals surface area (Å²) in [7, 11) is 0. The fourth-order valence-electron chi connectivity index (χ4n) is 0.905. The van der Waals surface area contributed by atoms with Crippen molar-refractivity contribution in [1.29, 1.82) is 0 Å². The molecular formula is C8H11NO2. The number of nitrogens with one attached hydrogen (secondary N) is 1. The lowest BCUT2D eigenvalue weighted by molar-refractivity contribution is -0.0679. The van der Waals surface area contributed by atoms with Gasteiger partial charge in [-0.3, -0.25) is 5.32 Å². The molecule has 0 saturated carbocycles. The van der Waals surface area contributed by atoms with Gasteiger partial charge in [-0.2, -0.15) is 0 Å². The first-order chi connectivity index (χ1) is 5.20. The van der Waals surface area contributed by atoms with Crippen molar-refractivity contribution in [2.45, 2.75) is 12.5 Å². The van der Waals surface area contributed by atoms with Crippen LogP contribution in [0.25, 0.3) is 0 Å². The van der Waals surface area contributed by atoms with Crippen LogP contribution in [0.4, 0.5) is 0 Å². The Bertz CT molecular complexity index is 206. The minimum absolute atomic E-state index is 0.167. The first-order valence-electron chi connectivity index (χ1n) is 3.36. The van der Waals surface area contributed by atoms with Gasteiger partial charge in [0.25, 0.3) is 0 Å². The Morgan fingerprint density at radius 1 is 1.45 bits per heavy atom. The third-order valence-corrected chi connectivity index (χ3v) is 1.45. The molecule has 0 saturated heterocycles. The van der Waals surface area contributed by atoms with Crippen LogP contribution in [0.1, 0.15) is 0 Å². The van der Waals surface area contributed by atoms with Crippen molar-refractivity contribution >= 4 is 0 Å². The highest BCUT2D eigenvalue weighted by Crippen LogP contribution is 2.08. The van der Waals surface area contributed by atoms with Gasteiger partial charge in [0.1, 0.15) is 0 Å². The molecule has 0 aromatic carbocycles. The highest BCUT2D eigenvalue weighted by Gasteiger charge is 2.10. The summed E-state index contributed by atoms with van der Waals surface area (Å²) in [6, 6.07) is -0.167. The quantitative estimate of drug-likeness (QED) is 0.485. The standard InChI is InChI=1S/C8H11NO2/c1-6-4-2-3-5-7(6)9-8(10)11/h2-5,7-11H,1H2. The predicted molar refractivity (Wildman–Crippen MR) is 42.6 cm³/mol. The molecule has 1 aliphatic rings. The van der Waals surface area contributed by atoms with Crippen LogP contribution < -0.4 is 5.32 Å². The molecule has 3 N–H and O–H groups in total. The maximum Gasteiger partial charge on any atom is 0.211 e. The van der Waals surface area contributed by atoms with Crippen molar-refractivity contribution in [2.75, 3.05) is 0 Å². The summed E-state index contributed by atoms with van der Waals surface area (Å²) >= 11 is 0. The topological polar surface area (TPSA) is 52.5 Å². The minimum atomic E-state index is -1.49. The molecule has 0 amide bonds. The van der Waals surface area contributed by atoms with Crippen molar-refractivity contribution in [2.24, 2.45) is 0 Å². The summed E-state index contributed by atoms with van der Waals surface area (Å²) in [6.07, 6.45) is 5.81. The zero-order valence-corrected chi connectivity index (χ0v) is 6.07. The first kappa shape index (κ1) is 8.20. The number of hydrogen-bond donors (Lipinski definition) is 3. The molecule has 0 aliphatic heterocycles. The summed E-state index contributed by atoms with van der Waals surface area (Å²) in [5.74, 6) is 0.